The summed E-state index contributed by atoms with van der Waals surface area (Å²) in [5, 5.41) is 28.9. The van der Waals surface area contributed by atoms with E-state index in [0.717, 1.165) is 37.7 Å². The van der Waals surface area contributed by atoms with Crippen molar-refractivity contribution in [2.24, 2.45) is 23.2 Å². The van der Waals surface area contributed by atoms with Crippen molar-refractivity contribution in [3.8, 4) is 17.2 Å². The fourth-order valence-corrected chi connectivity index (χ4v) is 11.0. The van der Waals surface area contributed by atoms with Crippen LogP contribution in [0.15, 0.2) is 133 Å². The average molecular weight is 1020 g/mol. The number of aromatic carboxylic acids is 3. The number of benzene rings is 5. The van der Waals surface area contributed by atoms with E-state index in [2.05, 4.69) is 15.0 Å². The number of halogens is 3. The van der Waals surface area contributed by atoms with Crippen molar-refractivity contribution in [3.63, 3.8) is 0 Å². The molecule has 0 aliphatic heterocycles. The van der Waals surface area contributed by atoms with Gasteiger partial charge in [-0.25, -0.2) is 42.5 Å². The topological polar surface area (TPSA) is 195 Å². The number of fused-ring (bicyclic) bond motifs is 3. The van der Waals surface area contributed by atoms with Gasteiger partial charge in [0.2, 0.25) is 0 Å². The Morgan fingerprint density at radius 2 is 0.853 bits per heavy atom. The second kappa shape index (κ2) is 22.8. The Balaban J connectivity index is 0.000000139. The first-order valence-corrected chi connectivity index (χ1v) is 24.7. The minimum absolute atomic E-state index is 0.102. The zero-order valence-electron chi connectivity index (χ0n) is 40.6. The summed E-state index contributed by atoms with van der Waals surface area (Å²) in [5.74, 6) is -1.86. The molecule has 3 N–H and O–H groups in total. The molecule has 13 nitrogen and oxygen atoms in total. The third-order valence-electron chi connectivity index (χ3n) is 14.0. The molecule has 0 atom stereocenters. The number of carboxylic acids is 3. The molecule has 0 spiro atoms. The summed E-state index contributed by atoms with van der Waals surface area (Å²) in [6.45, 7) is 0.656. The first-order valence-electron chi connectivity index (χ1n) is 24.7. The van der Waals surface area contributed by atoms with Crippen molar-refractivity contribution < 1.29 is 61.9 Å². The molecular formula is C59H52F3N3O10. The standard InChI is InChI=1S/C22H22FNO4.C19H16FNO3.C18H14FNO3/c23-15-1-2-17-16(6-15)19(7-18(24-17)21(26)27)28-11-20(25)22-8-12-3-13(9-22)5-14(4-12)10-22;20-14-8-9-16-15(11-14)18(12-17(21-16)19(22)23)24-10-4-7-13-5-2-1-3-6-13;19-13-6-7-15-14(10-13)17(11-16(20-15)18(21)22)23-9-8-12-4-2-1-3-5-12/h1-2,6-7,12-14H,3-5,8-11H2,(H,26,27);1-3,5-6,8-9,11-12H,4,7,10H2,(H,22,23);1-7,10-11H,8-9H2,(H,21,22). The molecule has 384 valence electrons. The normalized spacial score (nSPS) is 18.1. The van der Waals surface area contributed by atoms with Crippen LogP contribution in [0, 0.1) is 40.6 Å². The van der Waals surface area contributed by atoms with Crippen molar-refractivity contribution >= 4 is 56.4 Å². The van der Waals surface area contributed by atoms with Crippen molar-refractivity contribution in [3.05, 3.63) is 179 Å². The number of carboxylic acid groups (broad SMARTS) is 3. The van der Waals surface area contributed by atoms with E-state index in [4.69, 9.17) is 24.4 Å². The third kappa shape index (κ3) is 12.5. The molecule has 0 radical (unpaired) electrons. The summed E-state index contributed by atoms with van der Waals surface area (Å²) in [6.07, 6.45) is 8.91. The van der Waals surface area contributed by atoms with E-state index in [0.29, 0.717) is 81.6 Å². The van der Waals surface area contributed by atoms with Crippen LogP contribution in [0.1, 0.15) is 87.5 Å². The lowest BCUT2D eigenvalue weighted by atomic mass is 9.48. The fourth-order valence-electron chi connectivity index (χ4n) is 11.0. The lowest BCUT2D eigenvalue weighted by molar-refractivity contribution is -0.145. The van der Waals surface area contributed by atoms with Crippen LogP contribution in [0.25, 0.3) is 32.7 Å². The van der Waals surface area contributed by atoms with E-state index in [1.165, 1.54) is 97.6 Å². The van der Waals surface area contributed by atoms with Crippen molar-refractivity contribution in [2.45, 2.75) is 57.8 Å². The molecule has 4 bridgehead atoms. The number of carbonyl (C=O) groups excluding carboxylic acids is 1. The maximum Gasteiger partial charge on any atom is 0.354 e. The molecule has 4 saturated carbocycles. The molecule has 8 aromatic rings. The number of carbonyl (C=O) groups is 4. The Hall–Kier alpha value is -8.40. The molecule has 3 aromatic heterocycles. The van der Waals surface area contributed by atoms with E-state index in [9.17, 15) is 37.5 Å². The highest BCUT2D eigenvalue weighted by Crippen LogP contribution is 2.60. The van der Waals surface area contributed by atoms with Gasteiger partial charge < -0.3 is 29.5 Å². The van der Waals surface area contributed by atoms with Gasteiger partial charge in [-0.05, 0) is 135 Å². The van der Waals surface area contributed by atoms with Crippen molar-refractivity contribution in [1.82, 2.24) is 15.0 Å². The maximum atomic E-state index is 13.7. The summed E-state index contributed by atoms with van der Waals surface area (Å²) in [5.41, 5.74) is 2.73. The van der Waals surface area contributed by atoms with Crippen LogP contribution in [0.5, 0.6) is 17.2 Å². The predicted molar refractivity (Wildman–Crippen MR) is 273 cm³/mol. The number of pyridine rings is 3. The number of Topliss-reactive ketones (excluding diaryl/α,β-unsaturated/α-hetero) is 1. The number of hydrogen-bond acceptors (Lipinski definition) is 10. The number of aromatic nitrogens is 3. The van der Waals surface area contributed by atoms with E-state index >= 15 is 0 Å². The molecule has 0 unspecified atom stereocenters. The number of ketones is 1. The van der Waals surface area contributed by atoms with Gasteiger partial charge in [-0.3, -0.25) is 4.79 Å². The zero-order valence-corrected chi connectivity index (χ0v) is 40.6. The first kappa shape index (κ1) is 51.5. The quantitative estimate of drug-likeness (QED) is 0.0774. The highest BCUT2D eigenvalue weighted by atomic mass is 19.1. The van der Waals surface area contributed by atoms with E-state index in [1.54, 1.807) is 0 Å². The molecular weight excluding hydrogens is 968 g/mol. The van der Waals surface area contributed by atoms with Gasteiger partial charge in [-0.2, -0.15) is 0 Å². The van der Waals surface area contributed by atoms with Crippen molar-refractivity contribution in [2.75, 3.05) is 19.8 Å². The van der Waals surface area contributed by atoms with E-state index in [1.807, 2.05) is 60.7 Å². The molecule has 12 rings (SSSR count). The lowest BCUT2D eigenvalue weighted by Gasteiger charge is -2.55. The second-order valence-electron chi connectivity index (χ2n) is 19.3. The van der Waals surface area contributed by atoms with E-state index in [-0.39, 0.29) is 40.6 Å². The number of ether oxygens (including phenoxy) is 3. The van der Waals surface area contributed by atoms with Gasteiger partial charge in [0.1, 0.15) is 41.3 Å². The summed E-state index contributed by atoms with van der Waals surface area (Å²) < 4.78 is 57.9. The van der Waals surface area contributed by atoms with Crippen LogP contribution >= 0.6 is 0 Å². The Morgan fingerprint density at radius 3 is 1.25 bits per heavy atom. The van der Waals surface area contributed by atoms with Gasteiger partial charge in [0.25, 0.3) is 0 Å². The van der Waals surface area contributed by atoms with Gasteiger partial charge in [-0.15, -0.1) is 0 Å². The van der Waals surface area contributed by atoms with E-state index < -0.39 is 35.4 Å². The second-order valence-corrected chi connectivity index (χ2v) is 19.3. The number of hydrogen-bond donors (Lipinski definition) is 3. The fraction of sp³-hybridized carbons (Fsp3) is 0.271. The van der Waals surface area contributed by atoms with Crippen LogP contribution in [0.2, 0.25) is 0 Å². The molecule has 4 fully saturated rings. The molecule has 4 aliphatic rings. The molecule has 5 aromatic carbocycles. The number of nitrogens with zero attached hydrogens (tertiary/aromatic N) is 3. The van der Waals surface area contributed by atoms with Gasteiger partial charge in [-0.1, -0.05) is 60.7 Å². The van der Waals surface area contributed by atoms with Crippen LogP contribution < -0.4 is 14.2 Å². The van der Waals surface area contributed by atoms with Crippen molar-refractivity contribution in [1.29, 1.82) is 0 Å². The Labute approximate surface area is 429 Å². The molecule has 3 heterocycles. The minimum Gasteiger partial charge on any atom is -0.493 e. The highest BCUT2D eigenvalue weighted by molar-refractivity contribution is 5.95. The zero-order chi connectivity index (χ0) is 52.6. The Kier molecular flexibility index (Phi) is 15.6. The third-order valence-corrected chi connectivity index (χ3v) is 14.0. The Bertz CT molecular complexity index is 3380. The molecule has 75 heavy (non-hydrogen) atoms. The molecule has 4 aliphatic carbocycles. The summed E-state index contributed by atoms with van der Waals surface area (Å²) in [4.78, 5) is 58.9. The van der Waals surface area contributed by atoms with Gasteiger partial charge in [0.15, 0.2) is 22.9 Å². The van der Waals surface area contributed by atoms with Crippen LogP contribution in [-0.2, 0) is 17.6 Å². The SMILES string of the molecule is O=C(O)c1cc(OCC(=O)C23CC4CC(CC(C4)C2)C3)c2cc(F)ccc2n1.O=C(O)c1cc(OCCCc2ccccc2)c2cc(F)ccc2n1.O=C(O)c1cc(OCCc2ccccc2)c2cc(F)ccc2n1. The summed E-state index contributed by atoms with van der Waals surface area (Å²) >= 11 is 0. The molecule has 16 heteroatoms. The number of aryl methyl sites for hydroxylation is 1. The largest absolute Gasteiger partial charge is 0.493 e. The van der Waals surface area contributed by atoms with Crippen LogP contribution in [-0.4, -0.2) is 73.8 Å². The minimum atomic E-state index is -1.19. The lowest BCUT2D eigenvalue weighted by Crippen LogP contribution is -2.51. The van der Waals surface area contributed by atoms with Gasteiger partial charge >= 0.3 is 17.9 Å². The summed E-state index contributed by atoms with van der Waals surface area (Å²) in [6, 6.07) is 35.6. The maximum absolute atomic E-state index is 13.7. The highest BCUT2D eigenvalue weighted by Gasteiger charge is 2.54. The number of rotatable bonds is 16. The first-order chi connectivity index (χ1) is 36.2. The summed E-state index contributed by atoms with van der Waals surface area (Å²) in [7, 11) is 0. The predicted octanol–water partition coefficient (Wildman–Crippen LogP) is 12.0. The average Bonchev–Trinajstić information content (AvgIpc) is 3.39. The monoisotopic (exact) mass is 1020 g/mol. The van der Waals surface area contributed by atoms with Crippen LogP contribution in [0.4, 0.5) is 13.2 Å². The Morgan fingerprint density at radius 1 is 0.480 bits per heavy atom. The van der Waals surface area contributed by atoms with Gasteiger partial charge in [0, 0.05) is 46.2 Å². The smallest absolute Gasteiger partial charge is 0.354 e. The molecule has 0 amide bonds. The van der Waals surface area contributed by atoms with Crippen LogP contribution in [0.3, 0.4) is 0 Å². The van der Waals surface area contributed by atoms with Gasteiger partial charge in [0.05, 0.1) is 29.8 Å². The molecule has 0 saturated heterocycles.